The van der Waals surface area contributed by atoms with Gasteiger partial charge in [0.25, 0.3) is 11.1 Å². The molecule has 0 saturated heterocycles. The van der Waals surface area contributed by atoms with Gasteiger partial charge in [0.15, 0.2) is 0 Å². The quantitative estimate of drug-likeness (QED) is 0.837. The van der Waals surface area contributed by atoms with Gasteiger partial charge in [-0.25, -0.2) is 4.68 Å². The van der Waals surface area contributed by atoms with Crippen LogP contribution in [-0.2, 0) is 13.6 Å². The second kappa shape index (κ2) is 4.21. The van der Waals surface area contributed by atoms with Gasteiger partial charge >= 0.3 is 0 Å². The predicted octanol–water partition coefficient (Wildman–Crippen LogP) is 0.280. The Balaban J connectivity index is 2.48. The van der Waals surface area contributed by atoms with Crippen molar-refractivity contribution in [3.05, 3.63) is 49.3 Å². The summed E-state index contributed by atoms with van der Waals surface area (Å²) in [4.78, 5) is 22.7. The molecule has 2 aromatic heterocycles. The molecule has 0 aliphatic carbocycles. The van der Waals surface area contributed by atoms with Crippen LogP contribution in [0, 0.1) is 6.92 Å². The van der Waals surface area contributed by atoms with E-state index in [0.717, 1.165) is 11.3 Å². The summed E-state index contributed by atoms with van der Waals surface area (Å²) in [7, 11) is 1.72. The second-order valence-corrected chi connectivity index (χ2v) is 4.07. The van der Waals surface area contributed by atoms with E-state index < -0.39 is 0 Å². The molecular formula is C10H11ClN4O2. The summed E-state index contributed by atoms with van der Waals surface area (Å²) < 4.78 is 2.73. The standard InChI is InChI=1S/C10H11ClN4O2/c1-6-7(10(11)14(2)12-6)5-15-9(17)4-3-8(16)13-15/h3-4H,5H2,1-2H3,(H,13,16). The Bertz CT molecular complexity index is 668. The first-order valence-corrected chi connectivity index (χ1v) is 5.35. The average molecular weight is 255 g/mol. The summed E-state index contributed by atoms with van der Waals surface area (Å²) >= 11 is 6.05. The number of hydrogen-bond acceptors (Lipinski definition) is 3. The zero-order valence-electron chi connectivity index (χ0n) is 9.40. The average Bonchev–Trinajstić information content (AvgIpc) is 2.50. The van der Waals surface area contributed by atoms with E-state index >= 15 is 0 Å². The van der Waals surface area contributed by atoms with E-state index in [1.807, 2.05) is 0 Å². The Hall–Kier alpha value is -1.82. The van der Waals surface area contributed by atoms with Crippen LogP contribution in [0.3, 0.4) is 0 Å². The Kier molecular flexibility index (Phi) is 2.89. The van der Waals surface area contributed by atoms with Gasteiger partial charge in [-0.05, 0) is 6.92 Å². The van der Waals surface area contributed by atoms with Crippen LogP contribution in [0.2, 0.25) is 5.15 Å². The molecule has 0 aromatic carbocycles. The largest absolute Gasteiger partial charge is 0.268 e. The molecule has 7 heteroatoms. The minimum Gasteiger partial charge on any atom is -0.268 e. The Labute approximate surface area is 101 Å². The van der Waals surface area contributed by atoms with Gasteiger partial charge in [-0.2, -0.15) is 5.10 Å². The van der Waals surface area contributed by atoms with Crippen molar-refractivity contribution in [2.45, 2.75) is 13.5 Å². The molecule has 90 valence electrons. The number of H-pyrrole nitrogens is 1. The third-order valence-electron chi connectivity index (χ3n) is 2.47. The SMILES string of the molecule is Cc1nn(C)c(Cl)c1Cn1[nH]c(=O)ccc1=O. The van der Waals surface area contributed by atoms with E-state index in [9.17, 15) is 9.59 Å². The first-order chi connectivity index (χ1) is 7.99. The van der Waals surface area contributed by atoms with Crippen molar-refractivity contribution in [3.63, 3.8) is 0 Å². The lowest BCUT2D eigenvalue weighted by atomic mass is 10.2. The number of hydrogen-bond donors (Lipinski definition) is 1. The number of halogens is 1. The van der Waals surface area contributed by atoms with Crippen molar-refractivity contribution < 1.29 is 0 Å². The van der Waals surface area contributed by atoms with Gasteiger partial charge in [0, 0.05) is 24.7 Å². The number of aromatic amines is 1. The molecule has 0 unspecified atom stereocenters. The number of nitrogens with zero attached hydrogens (tertiary/aromatic N) is 3. The van der Waals surface area contributed by atoms with Crippen molar-refractivity contribution in [2.75, 3.05) is 0 Å². The van der Waals surface area contributed by atoms with Crippen LogP contribution in [0.4, 0.5) is 0 Å². The van der Waals surface area contributed by atoms with Gasteiger partial charge in [0.1, 0.15) is 5.15 Å². The molecule has 0 amide bonds. The molecular weight excluding hydrogens is 244 g/mol. The van der Waals surface area contributed by atoms with Crippen LogP contribution in [-0.4, -0.2) is 19.6 Å². The lowest BCUT2D eigenvalue weighted by Gasteiger charge is -2.04. The molecule has 17 heavy (non-hydrogen) atoms. The molecule has 2 rings (SSSR count). The molecule has 2 heterocycles. The van der Waals surface area contributed by atoms with Crippen LogP contribution in [0.1, 0.15) is 11.3 Å². The summed E-state index contributed by atoms with van der Waals surface area (Å²) in [5.41, 5.74) is 0.832. The van der Waals surface area contributed by atoms with Crippen molar-refractivity contribution in [1.29, 1.82) is 0 Å². The lowest BCUT2D eigenvalue weighted by molar-refractivity contribution is 0.625. The zero-order valence-corrected chi connectivity index (χ0v) is 10.2. The minimum atomic E-state index is -0.331. The fourth-order valence-corrected chi connectivity index (χ4v) is 1.83. The molecule has 0 radical (unpaired) electrons. The summed E-state index contributed by atoms with van der Waals surface area (Å²) in [5.74, 6) is 0. The van der Waals surface area contributed by atoms with Gasteiger partial charge in [-0.3, -0.25) is 19.4 Å². The maximum atomic E-state index is 11.5. The number of rotatable bonds is 2. The van der Waals surface area contributed by atoms with Gasteiger partial charge in [-0.1, -0.05) is 11.6 Å². The molecule has 0 aliphatic rings. The highest BCUT2D eigenvalue weighted by atomic mass is 35.5. The third-order valence-corrected chi connectivity index (χ3v) is 2.95. The molecule has 6 nitrogen and oxygen atoms in total. The lowest BCUT2D eigenvalue weighted by Crippen LogP contribution is -2.28. The van der Waals surface area contributed by atoms with Crippen LogP contribution >= 0.6 is 11.6 Å². The molecule has 0 aliphatic heterocycles. The summed E-state index contributed by atoms with van der Waals surface area (Å²) in [6.07, 6.45) is 0. The highest BCUT2D eigenvalue weighted by molar-refractivity contribution is 6.30. The van der Waals surface area contributed by atoms with E-state index in [-0.39, 0.29) is 17.7 Å². The van der Waals surface area contributed by atoms with Crippen molar-refractivity contribution in [2.24, 2.45) is 7.05 Å². The smallest absolute Gasteiger partial charge is 0.265 e. The third kappa shape index (κ3) is 2.16. The molecule has 0 spiro atoms. The molecule has 0 saturated carbocycles. The topological polar surface area (TPSA) is 72.7 Å². The van der Waals surface area contributed by atoms with Gasteiger partial charge in [0.05, 0.1) is 12.2 Å². The van der Waals surface area contributed by atoms with E-state index in [2.05, 4.69) is 10.2 Å². The van der Waals surface area contributed by atoms with Crippen LogP contribution < -0.4 is 11.1 Å². The summed E-state index contributed by atoms with van der Waals surface area (Å²) in [6.45, 7) is 2.00. The van der Waals surface area contributed by atoms with E-state index in [0.29, 0.717) is 5.15 Å². The van der Waals surface area contributed by atoms with Gasteiger partial charge in [0.2, 0.25) is 0 Å². The highest BCUT2D eigenvalue weighted by Gasteiger charge is 2.12. The fraction of sp³-hybridized carbons (Fsp3) is 0.300. The molecule has 0 fully saturated rings. The van der Waals surface area contributed by atoms with E-state index in [1.54, 1.807) is 14.0 Å². The monoisotopic (exact) mass is 254 g/mol. The van der Waals surface area contributed by atoms with E-state index in [4.69, 9.17) is 11.6 Å². The molecule has 2 aromatic rings. The number of nitrogens with one attached hydrogen (secondary N) is 1. The predicted molar refractivity (Wildman–Crippen MR) is 63.4 cm³/mol. The highest BCUT2D eigenvalue weighted by Crippen LogP contribution is 2.18. The van der Waals surface area contributed by atoms with Crippen LogP contribution in [0.15, 0.2) is 21.7 Å². The Morgan fingerprint density at radius 2 is 2.12 bits per heavy atom. The van der Waals surface area contributed by atoms with Crippen molar-refractivity contribution in [3.8, 4) is 0 Å². The zero-order chi connectivity index (χ0) is 12.6. The van der Waals surface area contributed by atoms with Gasteiger partial charge < -0.3 is 0 Å². The summed E-state index contributed by atoms with van der Waals surface area (Å²) in [5, 5.41) is 7.03. The van der Waals surface area contributed by atoms with Crippen LogP contribution in [0.5, 0.6) is 0 Å². The van der Waals surface area contributed by atoms with Crippen molar-refractivity contribution in [1.82, 2.24) is 19.6 Å². The minimum absolute atomic E-state index is 0.202. The molecule has 1 N–H and O–H groups in total. The first kappa shape index (κ1) is 11.7. The van der Waals surface area contributed by atoms with E-state index in [1.165, 1.54) is 21.5 Å². The Morgan fingerprint density at radius 3 is 2.71 bits per heavy atom. The van der Waals surface area contributed by atoms with Crippen LogP contribution in [0.25, 0.3) is 0 Å². The second-order valence-electron chi connectivity index (χ2n) is 3.71. The first-order valence-electron chi connectivity index (χ1n) is 4.97. The van der Waals surface area contributed by atoms with Crippen molar-refractivity contribution >= 4 is 11.6 Å². The Morgan fingerprint density at radius 1 is 1.41 bits per heavy atom. The fourth-order valence-electron chi connectivity index (χ4n) is 1.59. The van der Waals surface area contributed by atoms with Gasteiger partial charge in [-0.15, -0.1) is 0 Å². The number of aryl methyl sites for hydroxylation is 2. The molecule has 0 atom stereocenters. The maximum Gasteiger partial charge on any atom is 0.265 e. The normalized spacial score (nSPS) is 10.8. The number of aromatic nitrogens is 4. The molecule has 0 bridgehead atoms. The summed E-state index contributed by atoms with van der Waals surface area (Å²) in [6, 6.07) is 2.41. The maximum absolute atomic E-state index is 11.5.